The van der Waals surface area contributed by atoms with Gasteiger partial charge in [0.25, 0.3) is 10.0 Å². The second-order valence-electron chi connectivity index (χ2n) is 3.90. The van der Waals surface area contributed by atoms with Gasteiger partial charge in [0, 0.05) is 5.56 Å². The number of benzene rings is 1. The number of anilines is 2. The zero-order chi connectivity index (χ0) is 14.0. The Labute approximate surface area is 110 Å². The first-order valence-electron chi connectivity index (χ1n) is 5.26. The minimum absolute atomic E-state index is 0.0173. The lowest BCUT2D eigenvalue weighted by Gasteiger charge is -2.09. The van der Waals surface area contributed by atoms with Crippen molar-refractivity contribution in [1.82, 2.24) is 10.2 Å². The monoisotopic (exact) mass is 277 g/mol. The largest absolute Gasteiger partial charge is 0.398 e. The molecule has 0 saturated carbocycles. The Bertz CT molecular complexity index is 758. The lowest BCUT2D eigenvalue weighted by atomic mass is 10.2. The van der Waals surface area contributed by atoms with E-state index in [2.05, 4.69) is 14.9 Å². The van der Waals surface area contributed by atoms with Crippen LogP contribution in [0.25, 0.3) is 0 Å². The summed E-state index contributed by atoms with van der Waals surface area (Å²) in [6.45, 7) is 1.71. The first kappa shape index (κ1) is 12.9. The molecule has 2 aromatic rings. The number of rotatable bonds is 3. The van der Waals surface area contributed by atoms with Crippen LogP contribution in [0.4, 0.5) is 11.5 Å². The topological polar surface area (TPSA) is 125 Å². The maximum atomic E-state index is 12.2. The van der Waals surface area contributed by atoms with Crippen LogP contribution in [0.1, 0.15) is 11.1 Å². The number of H-pyrrole nitrogens is 1. The number of sulfonamides is 1. The molecule has 8 heteroatoms. The fraction of sp³-hybridized carbons (Fsp3) is 0.0909. The summed E-state index contributed by atoms with van der Waals surface area (Å²) in [6, 6.07) is 5.89. The summed E-state index contributed by atoms with van der Waals surface area (Å²) in [5.74, 6) is 0.281. The van der Waals surface area contributed by atoms with E-state index < -0.39 is 10.0 Å². The molecule has 0 radical (unpaired) electrons. The molecule has 0 spiro atoms. The van der Waals surface area contributed by atoms with Crippen molar-refractivity contribution in [2.45, 2.75) is 11.8 Å². The zero-order valence-electron chi connectivity index (χ0n) is 10.0. The lowest BCUT2D eigenvalue weighted by Crippen LogP contribution is -2.15. The number of nitrogens with zero attached hydrogens (tertiary/aromatic N) is 2. The molecule has 0 aliphatic heterocycles. The number of aromatic amines is 1. The Morgan fingerprint density at radius 1 is 1.47 bits per heavy atom. The summed E-state index contributed by atoms with van der Waals surface area (Å²) in [4.78, 5) is -0.0829. The highest BCUT2D eigenvalue weighted by molar-refractivity contribution is 7.92. The zero-order valence-corrected chi connectivity index (χ0v) is 10.8. The Balaban J connectivity index is 2.41. The smallest absolute Gasteiger partial charge is 0.265 e. The van der Waals surface area contributed by atoms with Crippen molar-refractivity contribution in [3.05, 3.63) is 35.5 Å². The summed E-state index contributed by atoms with van der Waals surface area (Å²) in [7, 11) is -3.82. The number of nitrogen functional groups attached to an aromatic ring is 1. The number of nitrogens with two attached hydrogens (primary N) is 1. The minimum Gasteiger partial charge on any atom is -0.398 e. The molecule has 1 heterocycles. The summed E-state index contributed by atoms with van der Waals surface area (Å²) < 4.78 is 26.7. The van der Waals surface area contributed by atoms with Crippen LogP contribution in [0.15, 0.2) is 29.3 Å². The van der Waals surface area contributed by atoms with Gasteiger partial charge in [-0.1, -0.05) is 0 Å². The molecule has 7 nitrogen and oxygen atoms in total. The van der Waals surface area contributed by atoms with Gasteiger partial charge in [0.2, 0.25) is 0 Å². The van der Waals surface area contributed by atoms with E-state index in [0.29, 0.717) is 11.1 Å². The van der Waals surface area contributed by atoms with Crippen LogP contribution in [0, 0.1) is 18.3 Å². The number of aryl methyl sites for hydroxylation is 1. The van der Waals surface area contributed by atoms with Crippen molar-refractivity contribution in [1.29, 1.82) is 5.26 Å². The van der Waals surface area contributed by atoms with E-state index in [0.717, 1.165) is 0 Å². The molecule has 1 aromatic heterocycles. The van der Waals surface area contributed by atoms with Gasteiger partial charge < -0.3 is 5.73 Å². The Morgan fingerprint density at radius 3 is 2.74 bits per heavy atom. The van der Waals surface area contributed by atoms with Crippen LogP contribution in [0.5, 0.6) is 0 Å². The van der Waals surface area contributed by atoms with Gasteiger partial charge in [-0.3, -0.25) is 9.82 Å². The van der Waals surface area contributed by atoms with Crippen molar-refractivity contribution in [3.8, 4) is 6.07 Å². The van der Waals surface area contributed by atoms with Crippen molar-refractivity contribution in [2.75, 3.05) is 10.5 Å². The fourth-order valence-electron chi connectivity index (χ4n) is 1.50. The molecule has 0 fully saturated rings. The van der Waals surface area contributed by atoms with E-state index in [1.807, 2.05) is 6.07 Å². The van der Waals surface area contributed by atoms with Crippen LogP contribution < -0.4 is 10.5 Å². The molecular weight excluding hydrogens is 266 g/mol. The van der Waals surface area contributed by atoms with Crippen LogP contribution in [0.3, 0.4) is 0 Å². The third kappa shape index (κ3) is 2.51. The van der Waals surface area contributed by atoms with Gasteiger partial charge >= 0.3 is 0 Å². The number of nitrogens with one attached hydrogen (secondary N) is 2. The highest BCUT2D eigenvalue weighted by atomic mass is 32.2. The second-order valence-corrected chi connectivity index (χ2v) is 5.55. The quantitative estimate of drug-likeness (QED) is 0.721. The van der Waals surface area contributed by atoms with Crippen LogP contribution in [-0.2, 0) is 10.0 Å². The molecule has 0 amide bonds. The average molecular weight is 277 g/mol. The molecule has 0 saturated heterocycles. The van der Waals surface area contributed by atoms with Crippen molar-refractivity contribution in [2.24, 2.45) is 0 Å². The normalized spacial score (nSPS) is 10.9. The maximum absolute atomic E-state index is 12.2. The van der Waals surface area contributed by atoms with Gasteiger partial charge in [-0.15, -0.1) is 0 Å². The molecule has 98 valence electrons. The summed E-state index contributed by atoms with van der Waals surface area (Å²) in [5, 5.41) is 15.0. The highest BCUT2D eigenvalue weighted by Gasteiger charge is 2.19. The molecule has 0 aliphatic carbocycles. The summed E-state index contributed by atoms with van der Waals surface area (Å²) in [5.41, 5.74) is 6.63. The number of hydrogen-bond donors (Lipinski definition) is 3. The van der Waals surface area contributed by atoms with Gasteiger partial charge in [-0.05, 0) is 25.1 Å². The third-order valence-corrected chi connectivity index (χ3v) is 3.92. The molecule has 0 bridgehead atoms. The second kappa shape index (κ2) is 4.62. The van der Waals surface area contributed by atoms with Crippen molar-refractivity contribution < 1.29 is 8.42 Å². The van der Waals surface area contributed by atoms with E-state index in [1.54, 1.807) is 6.92 Å². The van der Waals surface area contributed by atoms with E-state index in [1.165, 1.54) is 24.4 Å². The average Bonchev–Trinajstić information content (AvgIpc) is 2.73. The molecule has 0 aliphatic rings. The number of nitriles is 1. The van der Waals surface area contributed by atoms with Gasteiger partial charge in [0.05, 0.1) is 23.5 Å². The first-order chi connectivity index (χ1) is 8.94. The third-order valence-electron chi connectivity index (χ3n) is 2.49. The van der Waals surface area contributed by atoms with Crippen LogP contribution in [0.2, 0.25) is 0 Å². The molecule has 19 heavy (non-hydrogen) atoms. The van der Waals surface area contributed by atoms with Crippen LogP contribution >= 0.6 is 0 Å². The van der Waals surface area contributed by atoms with Crippen molar-refractivity contribution >= 4 is 21.5 Å². The fourth-order valence-corrected chi connectivity index (χ4v) is 2.70. The molecule has 4 N–H and O–H groups in total. The molecule has 2 rings (SSSR count). The van der Waals surface area contributed by atoms with E-state index >= 15 is 0 Å². The maximum Gasteiger partial charge on any atom is 0.265 e. The molecular formula is C11H11N5O2S. The first-order valence-corrected chi connectivity index (χ1v) is 6.75. The standard InChI is InChI=1S/C11H11N5O2S/c1-7-6-14-15-11(7)16-19(17,18)10-3-2-8(5-12)4-9(10)13/h2-4,6H,13H2,1H3,(H2,14,15,16). The van der Waals surface area contributed by atoms with E-state index in [4.69, 9.17) is 11.0 Å². The number of hydrogen-bond acceptors (Lipinski definition) is 5. The Morgan fingerprint density at radius 2 is 2.21 bits per heavy atom. The lowest BCUT2D eigenvalue weighted by molar-refractivity contribution is 0.601. The predicted octanol–water partition coefficient (Wildman–Crippen LogP) is 0.973. The van der Waals surface area contributed by atoms with Crippen molar-refractivity contribution in [3.63, 3.8) is 0 Å². The minimum atomic E-state index is -3.82. The predicted molar refractivity (Wildman–Crippen MR) is 69.7 cm³/mol. The Kier molecular flexibility index (Phi) is 3.14. The molecule has 1 aromatic carbocycles. The summed E-state index contributed by atoms with van der Waals surface area (Å²) >= 11 is 0. The Hall–Kier alpha value is -2.53. The van der Waals surface area contributed by atoms with E-state index in [9.17, 15) is 8.42 Å². The van der Waals surface area contributed by atoms with Gasteiger partial charge in [-0.25, -0.2) is 8.42 Å². The van der Waals surface area contributed by atoms with Crippen LogP contribution in [-0.4, -0.2) is 18.6 Å². The summed E-state index contributed by atoms with van der Waals surface area (Å²) in [6.07, 6.45) is 1.50. The van der Waals surface area contributed by atoms with Gasteiger partial charge in [0.15, 0.2) is 0 Å². The highest BCUT2D eigenvalue weighted by Crippen LogP contribution is 2.22. The van der Waals surface area contributed by atoms with Gasteiger partial charge in [0.1, 0.15) is 10.7 Å². The SMILES string of the molecule is Cc1cn[nH]c1NS(=O)(=O)c1ccc(C#N)cc1N. The van der Waals surface area contributed by atoms with Gasteiger partial charge in [-0.2, -0.15) is 10.4 Å². The number of aromatic nitrogens is 2. The molecule has 0 atom stereocenters. The molecule has 0 unspecified atom stereocenters. The van der Waals surface area contributed by atoms with E-state index in [-0.39, 0.29) is 16.4 Å².